The minimum Gasteiger partial charge on any atom is -0.493 e. The van der Waals surface area contributed by atoms with E-state index in [-0.39, 0.29) is 27.4 Å². The van der Waals surface area contributed by atoms with Gasteiger partial charge in [-0.1, -0.05) is 24.6 Å². The lowest BCUT2D eigenvalue weighted by Gasteiger charge is -2.32. The predicted molar refractivity (Wildman–Crippen MR) is 110 cm³/mol. The zero-order valence-electron chi connectivity index (χ0n) is 17.6. The second kappa shape index (κ2) is 7.95. The van der Waals surface area contributed by atoms with Gasteiger partial charge in [-0.15, -0.1) is 0 Å². The smallest absolute Gasteiger partial charge is 0.417 e. The first-order valence-corrected chi connectivity index (χ1v) is 10.2. The largest absolute Gasteiger partial charge is 0.493 e. The van der Waals surface area contributed by atoms with Crippen LogP contribution in [0.25, 0.3) is 11.0 Å². The van der Waals surface area contributed by atoms with Crippen molar-refractivity contribution in [2.45, 2.75) is 37.6 Å². The van der Waals surface area contributed by atoms with Crippen molar-refractivity contribution >= 4 is 22.6 Å². The van der Waals surface area contributed by atoms with Gasteiger partial charge in [0.25, 0.3) is 0 Å². The summed E-state index contributed by atoms with van der Waals surface area (Å²) < 4.78 is 81.1. The molecule has 0 radical (unpaired) electrons. The molecule has 1 aromatic carbocycles. The van der Waals surface area contributed by atoms with Gasteiger partial charge in [-0.25, -0.2) is 9.37 Å². The normalized spacial score (nSPS) is 25.5. The highest BCUT2D eigenvalue weighted by atomic mass is 35.5. The molecule has 2 aromatic heterocycles. The molecular formula is C22H18ClF5N2O3. The van der Waals surface area contributed by atoms with Crippen molar-refractivity contribution in [1.82, 2.24) is 9.97 Å². The lowest BCUT2D eigenvalue weighted by molar-refractivity contribution is -0.275. The van der Waals surface area contributed by atoms with Gasteiger partial charge >= 0.3 is 6.18 Å². The summed E-state index contributed by atoms with van der Waals surface area (Å²) in [7, 11) is 1.09. The number of methoxy groups -OCH3 is 1. The second-order valence-electron chi connectivity index (χ2n) is 8.06. The maximum absolute atomic E-state index is 14.5. The minimum atomic E-state index is -4.80. The standard InChI is InChI=1S/C22H18ClF5N2O3/c1-9-16(11-4-6-12(24)17(25)18(11)32-3)19(33-21(9,2)22(26,27)28)13-8-14(31)10-5-7-15(23)30-20(10)29-13/h4-9,16,19H,1-3H3,(H,29,30,31)/t9-,16-,19-,21+/m0/s1. The molecule has 3 aromatic rings. The third-order valence-electron chi connectivity index (χ3n) is 6.29. The van der Waals surface area contributed by atoms with Crippen LogP contribution in [-0.2, 0) is 4.74 Å². The maximum atomic E-state index is 14.5. The molecule has 1 N–H and O–H groups in total. The number of hydrogen-bond acceptors (Lipinski definition) is 4. The molecule has 0 aliphatic carbocycles. The van der Waals surface area contributed by atoms with E-state index in [1.165, 1.54) is 19.1 Å². The number of H-pyrrole nitrogens is 1. The number of ether oxygens (including phenoxy) is 2. The number of aromatic nitrogens is 2. The average molecular weight is 489 g/mol. The van der Waals surface area contributed by atoms with Gasteiger partial charge in [0, 0.05) is 23.5 Å². The quantitative estimate of drug-likeness (QED) is 0.381. The van der Waals surface area contributed by atoms with Crippen molar-refractivity contribution in [1.29, 1.82) is 0 Å². The van der Waals surface area contributed by atoms with Gasteiger partial charge in [0.1, 0.15) is 16.9 Å². The molecule has 0 amide bonds. The maximum Gasteiger partial charge on any atom is 0.417 e. The third kappa shape index (κ3) is 3.65. The van der Waals surface area contributed by atoms with Gasteiger partial charge in [-0.05, 0) is 25.1 Å². The van der Waals surface area contributed by atoms with E-state index in [0.717, 1.165) is 32.2 Å². The van der Waals surface area contributed by atoms with E-state index in [9.17, 15) is 26.7 Å². The van der Waals surface area contributed by atoms with E-state index in [1.807, 2.05) is 0 Å². The van der Waals surface area contributed by atoms with Crippen molar-refractivity contribution < 1.29 is 31.4 Å². The number of benzene rings is 1. The molecule has 3 heterocycles. The van der Waals surface area contributed by atoms with Crippen LogP contribution in [0.5, 0.6) is 5.75 Å². The van der Waals surface area contributed by atoms with E-state index in [2.05, 4.69) is 9.97 Å². The van der Waals surface area contributed by atoms with E-state index in [0.29, 0.717) is 0 Å². The zero-order chi connectivity index (χ0) is 24.3. The molecule has 0 saturated carbocycles. The van der Waals surface area contributed by atoms with Gasteiger partial charge < -0.3 is 14.5 Å². The molecule has 11 heteroatoms. The Hall–Kier alpha value is -2.72. The molecule has 0 spiro atoms. The summed E-state index contributed by atoms with van der Waals surface area (Å²) >= 11 is 5.90. The van der Waals surface area contributed by atoms with Crippen molar-refractivity contribution in [2.75, 3.05) is 7.11 Å². The van der Waals surface area contributed by atoms with Crippen LogP contribution in [0.3, 0.4) is 0 Å². The highest BCUT2D eigenvalue weighted by molar-refractivity contribution is 6.29. The second-order valence-corrected chi connectivity index (χ2v) is 8.45. The molecule has 0 bridgehead atoms. The third-order valence-corrected chi connectivity index (χ3v) is 6.51. The Bertz CT molecular complexity index is 1300. The Kier molecular flexibility index (Phi) is 5.65. The molecule has 0 unspecified atom stereocenters. The molecule has 1 fully saturated rings. The topological polar surface area (TPSA) is 64.2 Å². The van der Waals surface area contributed by atoms with E-state index in [4.69, 9.17) is 21.1 Å². The van der Waals surface area contributed by atoms with Gasteiger partial charge in [-0.2, -0.15) is 17.6 Å². The average Bonchev–Trinajstić information content (AvgIpc) is 3.01. The number of fused-ring (bicyclic) bond motifs is 1. The fraction of sp³-hybridized carbons (Fsp3) is 0.364. The van der Waals surface area contributed by atoms with Crippen LogP contribution in [0.2, 0.25) is 5.15 Å². The number of nitrogens with one attached hydrogen (secondary N) is 1. The van der Waals surface area contributed by atoms with Crippen molar-refractivity contribution in [3.63, 3.8) is 0 Å². The van der Waals surface area contributed by atoms with Crippen molar-refractivity contribution in [2.24, 2.45) is 5.92 Å². The van der Waals surface area contributed by atoms with Crippen LogP contribution in [0.1, 0.15) is 37.1 Å². The van der Waals surface area contributed by atoms with Crippen LogP contribution < -0.4 is 10.2 Å². The fourth-order valence-electron chi connectivity index (χ4n) is 4.35. The highest BCUT2D eigenvalue weighted by Crippen LogP contribution is 2.59. The van der Waals surface area contributed by atoms with Gasteiger partial charge in [0.15, 0.2) is 22.6 Å². The Morgan fingerprint density at radius 1 is 1.21 bits per heavy atom. The van der Waals surface area contributed by atoms with Gasteiger partial charge in [0.05, 0.1) is 18.2 Å². The molecule has 33 heavy (non-hydrogen) atoms. The molecule has 176 valence electrons. The van der Waals surface area contributed by atoms with Crippen LogP contribution in [0, 0.1) is 17.6 Å². The summed E-state index contributed by atoms with van der Waals surface area (Å²) in [5.41, 5.74) is -3.17. The van der Waals surface area contributed by atoms with Crippen molar-refractivity contribution in [3.8, 4) is 5.75 Å². The Labute approximate surface area is 189 Å². The first-order valence-electron chi connectivity index (χ1n) is 9.85. The van der Waals surface area contributed by atoms with Gasteiger partial charge in [-0.3, -0.25) is 4.79 Å². The van der Waals surface area contributed by atoms with E-state index < -0.39 is 52.5 Å². The minimum absolute atomic E-state index is 0.0149. The molecule has 5 nitrogen and oxygen atoms in total. The summed E-state index contributed by atoms with van der Waals surface area (Å²) in [5.74, 6) is -5.50. The summed E-state index contributed by atoms with van der Waals surface area (Å²) in [6.45, 7) is 2.18. The number of rotatable bonds is 3. The molecule has 1 aliphatic heterocycles. The monoisotopic (exact) mass is 488 g/mol. The molecule has 4 atom stereocenters. The first-order chi connectivity index (χ1) is 15.4. The van der Waals surface area contributed by atoms with Crippen LogP contribution in [0.4, 0.5) is 22.0 Å². The summed E-state index contributed by atoms with van der Waals surface area (Å²) in [5, 5.41) is 0.240. The Balaban J connectivity index is 1.97. The summed E-state index contributed by atoms with van der Waals surface area (Å²) in [4.78, 5) is 19.5. The predicted octanol–water partition coefficient (Wildman–Crippen LogP) is 5.68. The SMILES string of the molecule is COc1c([C@H]2[C@H](c3cc(=O)c4ccc(Cl)nc4[nH]3)O[C@@](C)(C(F)(F)F)[C@H]2C)ccc(F)c1F. The first kappa shape index (κ1) is 23.4. The Morgan fingerprint density at radius 3 is 2.55 bits per heavy atom. The lowest BCUT2D eigenvalue weighted by Crippen LogP contribution is -2.46. The number of nitrogens with zero attached hydrogens (tertiary/aromatic N) is 1. The molecule has 1 aliphatic rings. The van der Waals surface area contributed by atoms with E-state index in [1.54, 1.807) is 0 Å². The molecule has 4 rings (SSSR count). The van der Waals surface area contributed by atoms with Crippen molar-refractivity contribution in [3.05, 3.63) is 68.6 Å². The van der Waals surface area contributed by atoms with E-state index >= 15 is 0 Å². The zero-order valence-corrected chi connectivity index (χ0v) is 18.3. The lowest BCUT2D eigenvalue weighted by atomic mass is 9.76. The summed E-state index contributed by atoms with van der Waals surface area (Å²) in [6, 6.07) is 5.91. The van der Waals surface area contributed by atoms with Crippen LogP contribution >= 0.6 is 11.6 Å². The Morgan fingerprint density at radius 2 is 1.91 bits per heavy atom. The fourth-order valence-corrected chi connectivity index (χ4v) is 4.50. The number of hydrogen-bond donors (Lipinski definition) is 1. The number of alkyl halides is 3. The highest BCUT2D eigenvalue weighted by Gasteiger charge is 2.65. The molecular weight excluding hydrogens is 471 g/mol. The molecule has 1 saturated heterocycles. The van der Waals surface area contributed by atoms with Crippen LogP contribution in [0.15, 0.2) is 35.1 Å². The van der Waals surface area contributed by atoms with Gasteiger partial charge in [0.2, 0.25) is 5.82 Å². The number of pyridine rings is 2. The summed E-state index contributed by atoms with van der Waals surface area (Å²) in [6.07, 6.45) is -6.19. The number of aromatic amines is 1. The van der Waals surface area contributed by atoms with Crippen LogP contribution in [-0.4, -0.2) is 28.9 Å². The number of halogens is 6.